The zero-order chi connectivity index (χ0) is 15.9. The fourth-order valence-corrected chi connectivity index (χ4v) is 3.75. The normalized spacial score (nSPS) is 30.0. The number of aromatic amines is 1. The van der Waals surface area contributed by atoms with E-state index in [9.17, 15) is 4.79 Å². The molecule has 0 aromatic carbocycles. The van der Waals surface area contributed by atoms with Gasteiger partial charge in [0.05, 0.1) is 5.92 Å². The first-order valence-electron chi connectivity index (χ1n) is 8.08. The fourth-order valence-electron chi connectivity index (χ4n) is 3.75. The number of H-pyrrole nitrogens is 1. The minimum absolute atomic E-state index is 0.0768. The third-order valence-corrected chi connectivity index (χ3v) is 5.15. The maximum atomic E-state index is 12.9. The van der Waals surface area contributed by atoms with Crippen molar-refractivity contribution in [3.63, 3.8) is 0 Å². The Hall–Kier alpha value is -1.72. The Morgan fingerprint density at radius 3 is 2.82 bits per heavy atom. The van der Waals surface area contributed by atoms with Gasteiger partial charge in [0.1, 0.15) is 0 Å². The van der Waals surface area contributed by atoms with Gasteiger partial charge in [-0.2, -0.15) is 5.21 Å². The second kappa shape index (κ2) is 5.48. The number of hydrogen-bond acceptors (Lipinski definition) is 4. The van der Waals surface area contributed by atoms with Crippen molar-refractivity contribution in [2.75, 3.05) is 13.1 Å². The van der Waals surface area contributed by atoms with E-state index in [0.29, 0.717) is 18.4 Å². The number of piperidine rings is 1. The predicted octanol–water partition coefficient (Wildman–Crippen LogP) is 2.14. The van der Waals surface area contributed by atoms with Crippen molar-refractivity contribution in [3.05, 3.63) is 17.5 Å². The first kappa shape index (κ1) is 15.2. The standard InChI is InChI=1S/C16H25N5O/c1-10(2)8-12-13(16(12,3)4)15(22)21-7-5-6-11(9-21)14-17-19-20-18-14/h8,11-13H,5-7,9H2,1-4H3,(H,17,18,19,20)/t11-,12-,13-/m1/s1. The van der Waals surface area contributed by atoms with Gasteiger partial charge in [-0.15, -0.1) is 10.2 Å². The van der Waals surface area contributed by atoms with Crippen LogP contribution in [0, 0.1) is 17.3 Å². The van der Waals surface area contributed by atoms with E-state index in [1.54, 1.807) is 0 Å². The van der Waals surface area contributed by atoms with Crippen molar-refractivity contribution in [2.45, 2.75) is 46.5 Å². The Labute approximate surface area is 131 Å². The molecule has 120 valence electrons. The highest BCUT2D eigenvalue weighted by atomic mass is 16.2. The van der Waals surface area contributed by atoms with Crippen LogP contribution >= 0.6 is 0 Å². The molecule has 6 nitrogen and oxygen atoms in total. The summed E-state index contributed by atoms with van der Waals surface area (Å²) >= 11 is 0. The van der Waals surface area contributed by atoms with Crippen LogP contribution in [0.4, 0.5) is 0 Å². The van der Waals surface area contributed by atoms with E-state index in [0.717, 1.165) is 25.2 Å². The summed E-state index contributed by atoms with van der Waals surface area (Å²) in [5.74, 6) is 1.72. The lowest BCUT2D eigenvalue weighted by molar-refractivity contribution is -0.134. The number of rotatable bonds is 3. The molecule has 3 rings (SSSR count). The van der Waals surface area contributed by atoms with E-state index in [1.165, 1.54) is 5.57 Å². The van der Waals surface area contributed by atoms with Crippen molar-refractivity contribution in [2.24, 2.45) is 17.3 Å². The quantitative estimate of drug-likeness (QED) is 0.868. The molecule has 2 heterocycles. The zero-order valence-electron chi connectivity index (χ0n) is 13.8. The Bertz CT molecular complexity index is 573. The Balaban J connectivity index is 1.69. The summed E-state index contributed by atoms with van der Waals surface area (Å²) in [5, 5.41) is 14.3. The number of tetrazole rings is 1. The van der Waals surface area contributed by atoms with Crippen LogP contribution in [0.2, 0.25) is 0 Å². The average molecular weight is 303 g/mol. The molecule has 3 atom stereocenters. The van der Waals surface area contributed by atoms with E-state index < -0.39 is 0 Å². The number of nitrogens with zero attached hydrogens (tertiary/aromatic N) is 4. The molecule has 1 aromatic heterocycles. The Morgan fingerprint density at radius 2 is 2.18 bits per heavy atom. The topological polar surface area (TPSA) is 74.8 Å². The maximum absolute atomic E-state index is 12.9. The van der Waals surface area contributed by atoms with Crippen LogP contribution in [-0.2, 0) is 4.79 Å². The number of likely N-dealkylation sites (tertiary alicyclic amines) is 1. The van der Waals surface area contributed by atoms with Crippen LogP contribution in [0.5, 0.6) is 0 Å². The lowest BCUT2D eigenvalue weighted by atomic mass is 9.96. The summed E-state index contributed by atoms with van der Waals surface area (Å²) in [6, 6.07) is 0. The molecule has 1 aliphatic carbocycles. The number of allylic oxidation sites excluding steroid dienone is 2. The molecule has 1 aliphatic heterocycles. The molecular formula is C16H25N5O. The van der Waals surface area contributed by atoms with Crippen molar-refractivity contribution < 1.29 is 4.79 Å². The van der Waals surface area contributed by atoms with Crippen LogP contribution in [0.1, 0.15) is 52.3 Å². The van der Waals surface area contributed by atoms with Gasteiger partial charge in [0.15, 0.2) is 5.82 Å². The second-order valence-electron chi connectivity index (χ2n) is 7.46. The van der Waals surface area contributed by atoms with Gasteiger partial charge in [-0.1, -0.05) is 30.7 Å². The van der Waals surface area contributed by atoms with Crippen LogP contribution in [0.25, 0.3) is 0 Å². The Kier molecular flexibility index (Phi) is 3.78. The molecule has 1 amide bonds. The van der Waals surface area contributed by atoms with E-state index >= 15 is 0 Å². The van der Waals surface area contributed by atoms with E-state index in [2.05, 4.69) is 54.4 Å². The summed E-state index contributed by atoms with van der Waals surface area (Å²) < 4.78 is 0. The van der Waals surface area contributed by atoms with Gasteiger partial charge in [-0.3, -0.25) is 4.79 Å². The molecule has 0 radical (unpaired) electrons. The van der Waals surface area contributed by atoms with Crippen molar-refractivity contribution in [1.29, 1.82) is 0 Å². The van der Waals surface area contributed by atoms with E-state index in [-0.39, 0.29) is 17.3 Å². The molecule has 1 aromatic rings. The summed E-state index contributed by atoms with van der Waals surface area (Å²) in [6.45, 7) is 10.2. The molecular weight excluding hydrogens is 278 g/mol. The summed E-state index contributed by atoms with van der Waals surface area (Å²) in [5.41, 5.74) is 1.37. The van der Waals surface area contributed by atoms with Gasteiger partial charge in [-0.05, 0) is 38.0 Å². The predicted molar refractivity (Wildman–Crippen MR) is 82.9 cm³/mol. The number of carbonyl (C=O) groups excluding carboxylic acids is 1. The highest BCUT2D eigenvalue weighted by molar-refractivity contribution is 5.84. The molecule has 2 fully saturated rings. The van der Waals surface area contributed by atoms with Crippen molar-refractivity contribution >= 4 is 5.91 Å². The molecule has 22 heavy (non-hydrogen) atoms. The van der Waals surface area contributed by atoms with E-state index in [4.69, 9.17) is 0 Å². The smallest absolute Gasteiger partial charge is 0.226 e. The molecule has 0 unspecified atom stereocenters. The minimum Gasteiger partial charge on any atom is -0.342 e. The number of nitrogens with one attached hydrogen (secondary N) is 1. The van der Waals surface area contributed by atoms with Gasteiger partial charge >= 0.3 is 0 Å². The summed E-state index contributed by atoms with van der Waals surface area (Å²) in [7, 11) is 0. The molecule has 0 spiro atoms. The SMILES string of the molecule is CC(C)=C[C@@H]1[C@H](C(=O)N2CCC[C@@H](c3nn[nH]n3)C2)C1(C)C. The number of aromatic nitrogens is 4. The molecule has 2 aliphatic rings. The number of carbonyl (C=O) groups is 1. The molecule has 1 saturated carbocycles. The lowest BCUT2D eigenvalue weighted by Crippen LogP contribution is -2.41. The first-order valence-corrected chi connectivity index (χ1v) is 8.08. The van der Waals surface area contributed by atoms with Gasteiger partial charge in [0.2, 0.25) is 5.91 Å². The maximum Gasteiger partial charge on any atom is 0.226 e. The monoisotopic (exact) mass is 303 g/mol. The molecule has 6 heteroatoms. The van der Waals surface area contributed by atoms with Crippen LogP contribution < -0.4 is 0 Å². The second-order valence-corrected chi connectivity index (χ2v) is 7.46. The first-order chi connectivity index (χ1) is 10.4. The third-order valence-electron chi connectivity index (χ3n) is 5.15. The number of hydrogen-bond donors (Lipinski definition) is 1. The largest absolute Gasteiger partial charge is 0.342 e. The highest BCUT2D eigenvalue weighted by Gasteiger charge is 2.61. The summed E-state index contributed by atoms with van der Waals surface area (Å²) in [6.07, 6.45) is 4.28. The lowest BCUT2D eigenvalue weighted by Gasteiger charge is -2.31. The third kappa shape index (κ3) is 2.66. The van der Waals surface area contributed by atoms with Crippen LogP contribution in [0.15, 0.2) is 11.6 Å². The number of amides is 1. The van der Waals surface area contributed by atoms with Gasteiger partial charge in [0, 0.05) is 19.0 Å². The molecule has 1 saturated heterocycles. The van der Waals surface area contributed by atoms with Crippen molar-refractivity contribution in [3.8, 4) is 0 Å². The van der Waals surface area contributed by atoms with Crippen LogP contribution in [-0.4, -0.2) is 44.5 Å². The Morgan fingerprint density at radius 1 is 1.41 bits per heavy atom. The van der Waals surface area contributed by atoms with Crippen LogP contribution in [0.3, 0.4) is 0 Å². The average Bonchev–Trinajstić information content (AvgIpc) is 2.87. The van der Waals surface area contributed by atoms with E-state index in [1.807, 2.05) is 4.90 Å². The molecule has 1 N–H and O–H groups in total. The van der Waals surface area contributed by atoms with Gasteiger partial charge in [-0.25, -0.2) is 0 Å². The minimum atomic E-state index is 0.0768. The zero-order valence-corrected chi connectivity index (χ0v) is 13.8. The highest BCUT2D eigenvalue weighted by Crippen LogP contribution is 2.60. The van der Waals surface area contributed by atoms with Gasteiger partial charge < -0.3 is 4.90 Å². The van der Waals surface area contributed by atoms with Crippen molar-refractivity contribution in [1.82, 2.24) is 25.5 Å². The van der Waals surface area contributed by atoms with Gasteiger partial charge in [0.25, 0.3) is 0 Å². The molecule has 0 bridgehead atoms. The summed E-state index contributed by atoms with van der Waals surface area (Å²) in [4.78, 5) is 14.9. The fraction of sp³-hybridized carbons (Fsp3) is 0.750.